The van der Waals surface area contributed by atoms with E-state index in [1.54, 1.807) is 6.26 Å². The maximum atomic E-state index is 12.8. The highest BCUT2D eigenvalue weighted by molar-refractivity contribution is 7.99. The highest BCUT2D eigenvalue weighted by atomic mass is 32.2. The van der Waals surface area contributed by atoms with E-state index >= 15 is 0 Å². The van der Waals surface area contributed by atoms with Crippen molar-refractivity contribution in [3.8, 4) is 11.4 Å². The zero-order valence-electron chi connectivity index (χ0n) is 16.3. The lowest BCUT2D eigenvalue weighted by molar-refractivity contribution is 0.102. The van der Waals surface area contributed by atoms with E-state index in [1.807, 2.05) is 79.1 Å². The molecule has 0 bridgehead atoms. The third-order valence-corrected chi connectivity index (χ3v) is 5.62. The zero-order valence-corrected chi connectivity index (χ0v) is 17.1. The molecule has 146 valence electrons. The Hall–Kier alpha value is -3.12. The highest BCUT2D eigenvalue weighted by Crippen LogP contribution is 2.26. The minimum absolute atomic E-state index is 0.0845. The summed E-state index contributed by atoms with van der Waals surface area (Å²) in [6, 6.07) is 19.6. The average Bonchev–Trinajstić information content (AvgIpc) is 3.37. The quantitative estimate of drug-likeness (QED) is 0.314. The standard InChI is InChI=1S/C23H21N3O2S/c1-16-10-11-20(17(2)13-16)21(27)15-29-23-25-24-22(18-7-4-3-5-8-18)26(23)14-19-9-6-12-28-19/h3-13H,14-15H2,1-2H3. The van der Waals surface area contributed by atoms with E-state index < -0.39 is 0 Å². The fourth-order valence-electron chi connectivity index (χ4n) is 3.23. The minimum Gasteiger partial charge on any atom is -0.467 e. The van der Waals surface area contributed by atoms with Crippen molar-refractivity contribution in [1.29, 1.82) is 0 Å². The van der Waals surface area contributed by atoms with Crippen LogP contribution >= 0.6 is 11.8 Å². The fraction of sp³-hybridized carbons (Fsp3) is 0.174. The Kier molecular flexibility index (Phi) is 5.62. The average molecular weight is 404 g/mol. The Balaban J connectivity index is 1.59. The second-order valence-corrected chi connectivity index (χ2v) is 7.81. The molecule has 0 saturated carbocycles. The van der Waals surface area contributed by atoms with E-state index in [9.17, 15) is 4.79 Å². The molecule has 0 amide bonds. The second kappa shape index (κ2) is 8.49. The summed E-state index contributed by atoms with van der Waals surface area (Å²) < 4.78 is 7.52. The number of rotatable bonds is 7. The van der Waals surface area contributed by atoms with Gasteiger partial charge in [0.05, 0.1) is 18.6 Å². The number of hydrogen-bond donors (Lipinski definition) is 0. The van der Waals surface area contributed by atoms with E-state index in [2.05, 4.69) is 10.2 Å². The minimum atomic E-state index is 0.0845. The molecule has 4 aromatic rings. The number of Topliss-reactive ketones (excluding diaryl/α,β-unsaturated/α-hetero) is 1. The van der Waals surface area contributed by atoms with E-state index in [0.29, 0.717) is 17.5 Å². The van der Waals surface area contributed by atoms with Crippen LogP contribution in [0.3, 0.4) is 0 Å². The lowest BCUT2D eigenvalue weighted by Crippen LogP contribution is -2.08. The van der Waals surface area contributed by atoms with Crippen molar-refractivity contribution < 1.29 is 9.21 Å². The Bertz CT molecular complexity index is 1120. The van der Waals surface area contributed by atoms with Crippen LogP contribution in [0.15, 0.2) is 76.5 Å². The van der Waals surface area contributed by atoms with Crippen LogP contribution in [0.1, 0.15) is 27.2 Å². The predicted octanol–water partition coefficient (Wildman–Crippen LogP) is 5.18. The molecule has 0 N–H and O–H groups in total. The first-order valence-electron chi connectivity index (χ1n) is 9.36. The molecule has 2 aromatic heterocycles. The molecule has 0 aliphatic rings. The van der Waals surface area contributed by atoms with Gasteiger partial charge in [-0.15, -0.1) is 10.2 Å². The van der Waals surface area contributed by atoms with Gasteiger partial charge in [0.15, 0.2) is 16.8 Å². The summed E-state index contributed by atoms with van der Waals surface area (Å²) in [5.41, 5.74) is 3.87. The van der Waals surface area contributed by atoms with Gasteiger partial charge in [-0.05, 0) is 31.5 Å². The molecule has 2 aromatic carbocycles. The van der Waals surface area contributed by atoms with E-state index in [4.69, 9.17) is 4.42 Å². The van der Waals surface area contributed by atoms with Crippen LogP contribution in [0.2, 0.25) is 0 Å². The lowest BCUT2D eigenvalue weighted by atomic mass is 10.0. The first kappa shape index (κ1) is 19.2. The number of benzene rings is 2. The summed E-state index contributed by atoms with van der Waals surface area (Å²) in [6.45, 7) is 4.50. The molecule has 0 atom stereocenters. The lowest BCUT2D eigenvalue weighted by Gasteiger charge is -2.09. The Morgan fingerprint density at radius 3 is 2.59 bits per heavy atom. The maximum Gasteiger partial charge on any atom is 0.192 e. The number of ketones is 1. The highest BCUT2D eigenvalue weighted by Gasteiger charge is 2.18. The van der Waals surface area contributed by atoms with Crippen molar-refractivity contribution in [1.82, 2.24) is 14.8 Å². The van der Waals surface area contributed by atoms with Gasteiger partial charge in [0.2, 0.25) is 0 Å². The molecule has 29 heavy (non-hydrogen) atoms. The molecule has 0 unspecified atom stereocenters. The van der Waals surface area contributed by atoms with Crippen molar-refractivity contribution in [2.24, 2.45) is 0 Å². The van der Waals surface area contributed by atoms with Gasteiger partial charge in [0.25, 0.3) is 0 Å². The maximum absolute atomic E-state index is 12.8. The van der Waals surface area contributed by atoms with Crippen molar-refractivity contribution in [2.75, 3.05) is 5.75 Å². The van der Waals surface area contributed by atoms with Crippen LogP contribution in [0.5, 0.6) is 0 Å². The summed E-state index contributed by atoms with van der Waals surface area (Å²) >= 11 is 1.40. The van der Waals surface area contributed by atoms with Crippen LogP contribution in [0, 0.1) is 13.8 Å². The number of nitrogens with zero attached hydrogens (tertiary/aromatic N) is 3. The molecule has 0 spiro atoms. The topological polar surface area (TPSA) is 60.9 Å². The molecule has 4 rings (SSSR count). The van der Waals surface area contributed by atoms with Gasteiger partial charge in [0.1, 0.15) is 5.76 Å². The Labute approximate surface area is 173 Å². The van der Waals surface area contributed by atoms with Crippen LogP contribution in [0.25, 0.3) is 11.4 Å². The van der Waals surface area contributed by atoms with Crippen LogP contribution in [0.4, 0.5) is 0 Å². The van der Waals surface area contributed by atoms with Gasteiger partial charge in [-0.3, -0.25) is 9.36 Å². The monoisotopic (exact) mass is 403 g/mol. The van der Waals surface area contributed by atoms with E-state index in [1.165, 1.54) is 11.8 Å². The summed E-state index contributed by atoms with van der Waals surface area (Å²) in [4.78, 5) is 12.8. The molecule has 0 fully saturated rings. The third kappa shape index (κ3) is 4.32. The smallest absolute Gasteiger partial charge is 0.192 e. The van der Waals surface area contributed by atoms with Gasteiger partial charge in [0, 0.05) is 11.1 Å². The van der Waals surface area contributed by atoms with Crippen molar-refractivity contribution in [3.63, 3.8) is 0 Å². The van der Waals surface area contributed by atoms with Gasteiger partial charge < -0.3 is 4.42 Å². The SMILES string of the molecule is Cc1ccc(C(=O)CSc2nnc(-c3ccccc3)n2Cc2ccco2)c(C)c1. The number of carbonyl (C=O) groups is 1. The number of aryl methyl sites for hydroxylation is 2. The van der Waals surface area contributed by atoms with Gasteiger partial charge >= 0.3 is 0 Å². The molecule has 0 radical (unpaired) electrons. The van der Waals surface area contributed by atoms with Crippen molar-refractivity contribution in [2.45, 2.75) is 25.5 Å². The molecule has 0 saturated heterocycles. The van der Waals surface area contributed by atoms with Gasteiger partial charge in [-0.25, -0.2) is 0 Å². The van der Waals surface area contributed by atoms with Crippen LogP contribution in [-0.4, -0.2) is 26.3 Å². The van der Waals surface area contributed by atoms with Crippen molar-refractivity contribution >= 4 is 17.5 Å². The van der Waals surface area contributed by atoms with Crippen LogP contribution < -0.4 is 0 Å². The molecule has 0 aliphatic heterocycles. The van der Waals surface area contributed by atoms with Crippen LogP contribution in [-0.2, 0) is 6.54 Å². The molecule has 2 heterocycles. The summed E-state index contributed by atoms with van der Waals surface area (Å²) in [5.74, 6) is 1.95. The molecular weight excluding hydrogens is 382 g/mol. The number of furan rings is 1. The molecule has 5 nitrogen and oxygen atoms in total. The fourth-order valence-corrected chi connectivity index (χ4v) is 4.05. The zero-order chi connectivity index (χ0) is 20.2. The number of carbonyl (C=O) groups excluding carboxylic acids is 1. The normalized spacial score (nSPS) is 11.0. The van der Waals surface area contributed by atoms with Crippen molar-refractivity contribution in [3.05, 3.63) is 89.4 Å². The Morgan fingerprint density at radius 2 is 1.86 bits per heavy atom. The Morgan fingerprint density at radius 1 is 1.03 bits per heavy atom. The van der Waals surface area contributed by atoms with E-state index in [-0.39, 0.29) is 5.78 Å². The molecule has 0 aliphatic carbocycles. The summed E-state index contributed by atoms with van der Waals surface area (Å²) in [7, 11) is 0. The molecular formula is C23H21N3O2S. The number of thioether (sulfide) groups is 1. The summed E-state index contributed by atoms with van der Waals surface area (Å²) in [5, 5.41) is 9.44. The first-order valence-corrected chi connectivity index (χ1v) is 10.3. The summed E-state index contributed by atoms with van der Waals surface area (Å²) in [6.07, 6.45) is 1.65. The predicted molar refractivity (Wildman–Crippen MR) is 114 cm³/mol. The molecule has 6 heteroatoms. The largest absolute Gasteiger partial charge is 0.467 e. The number of aromatic nitrogens is 3. The van der Waals surface area contributed by atoms with Gasteiger partial charge in [-0.2, -0.15) is 0 Å². The van der Waals surface area contributed by atoms with Gasteiger partial charge in [-0.1, -0.05) is 65.9 Å². The number of hydrogen-bond acceptors (Lipinski definition) is 5. The third-order valence-electron chi connectivity index (χ3n) is 4.66. The van der Waals surface area contributed by atoms with E-state index in [0.717, 1.165) is 33.8 Å². The second-order valence-electron chi connectivity index (χ2n) is 6.87. The first-order chi connectivity index (χ1) is 14.1.